The minimum atomic E-state index is -1.04. The highest BCUT2D eigenvalue weighted by molar-refractivity contribution is 6.05. The number of phenols is 2. The quantitative estimate of drug-likeness (QED) is 0.540. The van der Waals surface area contributed by atoms with Crippen LogP contribution in [0.4, 0.5) is 5.69 Å². The Morgan fingerprint density at radius 2 is 1.71 bits per heavy atom. The number of ether oxygens (including phenoxy) is 1. The molecule has 3 aromatic rings. The number of phenolic OH excluding ortho intramolecular Hbond substituents is 2. The zero-order valence-electron chi connectivity index (χ0n) is 15.3. The van der Waals surface area contributed by atoms with Gasteiger partial charge in [-0.3, -0.25) is 4.79 Å². The summed E-state index contributed by atoms with van der Waals surface area (Å²) in [5.41, 5.74) is 1.71. The molecular formula is C22H19NO5. The van der Waals surface area contributed by atoms with Gasteiger partial charge in [0.1, 0.15) is 17.1 Å². The molecule has 4 rings (SSSR count). The average molecular weight is 377 g/mol. The maximum Gasteiger partial charge on any atom is 0.342 e. The predicted molar refractivity (Wildman–Crippen MR) is 105 cm³/mol. The van der Waals surface area contributed by atoms with Crippen molar-refractivity contribution in [3.63, 3.8) is 0 Å². The molecule has 0 aromatic heterocycles. The summed E-state index contributed by atoms with van der Waals surface area (Å²) in [6.07, 6.45) is -0.284. The van der Waals surface area contributed by atoms with Crippen LogP contribution in [-0.2, 0) is 16.0 Å². The second-order valence-electron chi connectivity index (χ2n) is 6.75. The smallest absolute Gasteiger partial charge is 0.342 e. The molecule has 0 saturated heterocycles. The molecule has 6 heteroatoms. The number of fused-ring (bicyclic) bond motifs is 2. The monoisotopic (exact) mass is 377 g/mol. The molecule has 1 aliphatic heterocycles. The highest BCUT2D eigenvalue weighted by Crippen LogP contribution is 2.36. The van der Waals surface area contributed by atoms with Crippen LogP contribution >= 0.6 is 0 Å². The molecule has 1 atom stereocenters. The van der Waals surface area contributed by atoms with Gasteiger partial charge in [-0.05, 0) is 31.0 Å². The first-order valence-corrected chi connectivity index (χ1v) is 9.01. The fraction of sp³-hybridized carbons (Fsp3) is 0.182. The van der Waals surface area contributed by atoms with Crippen molar-refractivity contribution in [2.45, 2.75) is 19.4 Å². The van der Waals surface area contributed by atoms with Gasteiger partial charge < -0.3 is 19.8 Å². The van der Waals surface area contributed by atoms with Crippen molar-refractivity contribution < 1.29 is 24.5 Å². The van der Waals surface area contributed by atoms with Crippen molar-refractivity contribution in [1.29, 1.82) is 0 Å². The molecule has 1 amide bonds. The van der Waals surface area contributed by atoms with E-state index in [-0.39, 0.29) is 23.0 Å². The molecule has 0 spiro atoms. The van der Waals surface area contributed by atoms with Crippen molar-refractivity contribution >= 4 is 28.3 Å². The first-order chi connectivity index (χ1) is 13.5. The molecule has 6 nitrogen and oxygen atoms in total. The Labute approximate surface area is 161 Å². The van der Waals surface area contributed by atoms with E-state index in [0.717, 1.165) is 23.7 Å². The molecule has 1 aliphatic rings. The number of aromatic hydroxyl groups is 2. The zero-order chi connectivity index (χ0) is 19.8. The fourth-order valence-electron chi connectivity index (χ4n) is 3.56. The standard InChI is InChI=1S/C22H19NO5/c1-13(21(26)23-11-10-14-6-2-5-9-18(14)23)28-22(27)17-12-19(24)15-7-3-4-8-16(15)20(17)25/h2-9,12-13,24-25H,10-11H2,1H3/t13-/m0/s1. The lowest BCUT2D eigenvalue weighted by Crippen LogP contribution is -2.39. The summed E-state index contributed by atoms with van der Waals surface area (Å²) in [7, 11) is 0. The van der Waals surface area contributed by atoms with E-state index >= 15 is 0 Å². The van der Waals surface area contributed by atoms with E-state index in [1.54, 1.807) is 29.2 Å². The van der Waals surface area contributed by atoms with Gasteiger partial charge in [0.2, 0.25) is 0 Å². The third kappa shape index (κ3) is 2.93. The molecule has 0 radical (unpaired) electrons. The molecule has 0 aliphatic carbocycles. The minimum absolute atomic E-state index is 0.146. The van der Waals surface area contributed by atoms with Crippen LogP contribution in [0.1, 0.15) is 22.8 Å². The van der Waals surface area contributed by atoms with E-state index in [1.165, 1.54) is 6.92 Å². The van der Waals surface area contributed by atoms with Crippen LogP contribution in [0.25, 0.3) is 10.8 Å². The number of benzene rings is 3. The maximum absolute atomic E-state index is 12.8. The van der Waals surface area contributed by atoms with Crippen molar-refractivity contribution in [3.8, 4) is 11.5 Å². The van der Waals surface area contributed by atoms with Gasteiger partial charge in [0.05, 0.1) is 0 Å². The topological polar surface area (TPSA) is 87.1 Å². The van der Waals surface area contributed by atoms with E-state index in [1.807, 2.05) is 24.3 Å². The van der Waals surface area contributed by atoms with E-state index in [2.05, 4.69) is 0 Å². The Kier molecular flexibility index (Phi) is 4.39. The van der Waals surface area contributed by atoms with Crippen molar-refractivity contribution in [2.24, 2.45) is 0 Å². The fourth-order valence-corrected chi connectivity index (χ4v) is 3.56. The van der Waals surface area contributed by atoms with Gasteiger partial charge in [-0.25, -0.2) is 4.79 Å². The van der Waals surface area contributed by atoms with Crippen LogP contribution in [0.3, 0.4) is 0 Å². The number of anilines is 1. The average Bonchev–Trinajstić information content (AvgIpc) is 3.14. The highest BCUT2D eigenvalue weighted by Gasteiger charge is 2.30. The largest absolute Gasteiger partial charge is 0.507 e. The second-order valence-corrected chi connectivity index (χ2v) is 6.75. The number of esters is 1. The minimum Gasteiger partial charge on any atom is -0.507 e. The summed E-state index contributed by atoms with van der Waals surface area (Å²) in [6, 6.07) is 15.4. The Morgan fingerprint density at radius 3 is 2.50 bits per heavy atom. The van der Waals surface area contributed by atoms with Crippen molar-refractivity contribution in [1.82, 2.24) is 0 Å². The highest BCUT2D eigenvalue weighted by atomic mass is 16.5. The van der Waals surface area contributed by atoms with Gasteiger partial charge in [-0.15, -0.1) is 0 Å². The van der Waals surface area contributed by atoms with Crippen LogP contribution in [-0.4, -0.2) is 34.7 Å². The second kappa shape index (κ2) is 6.88. The molecule has 3 aromatic carbocycles. The Morgan fingerprint density at radius 1 is 1.04 bits per heavy atom. The maximum atomic E-state index is 12.8. The van der Waals surface area contributed by atoms with Gasteiger partial charge in [0, 0.05) is 23.0 Å². The SMILES string of the molecule is C[C@H](OC(=O)c1cc(O)c2ccccc2c1O)C(=O)N1CCc2ccccc21. The van der Waals surface area contributed by atoms with Crippen LogP contribution in [0.2, 0.25) is 0 Å². The number of amides is 1. The van der Waals surface area contributed by atoms with Crippen LogP contribution in [0.5, 0.6) is 11.5 Å². The summed E-state index contributed by atoms with van der Waals surface area (Å²) in [5, 5.41) is 21.3. The van der Waals surface area contributed by atoms with Crippen molar-refractivity contribution in [3.05, 3.63) is 65.7 Å². The van der Waals surface area contributed by atoms with Gasteiger partial charge in [0.15, 0.2) is 6.10 Å². The van der Waals surface area contributed by atoms with E-state index in [9.17, 15) is 19.8 Å². The molecule has 0 saturated carbocycles. The zero-order valence-corrected chi connectivity index (χ0v) is 15.3. The third-order valence-corrected chi connectivity index (χ3v) is 5.00. The lowest BCUT2D eigenvalue weighted by molar-refractivity contribution is -0.126. The van der Waals surface area contributed by atoms with Gasteiger partial charge in [-0.2, -0.15) is 0 Å². The summed E-state index contributed by atoms with van der Waals surface area (Å²) in [4.78, 5) is 27.0. The van der Waals surface area contributed by atoms with Crippen molar-refractivity contribution in [2.75, 3.05) is 11.4 Å². The normalized spacial score (nSPS) is 14.0. The first kappa shape index (κ1) is 17.9. The number of hydrogen-bond acceptors (Lipinski definition) is 5. The Hall–Kier alpha value is -3.54. The molecule has 28 heavy (non-hydrogen) atoms. The summed E-state index contributed by atoms with van der Waals surface area (Å²) >= 11 is 0. The van der Waals surface area contributed by atoms with Gasteiger partial charge >= 0.3 is 5.97 Å². The number of para-hydroxylation sites is 1. The predicted octanol–water partition coefficient (Wildman–Crippen LogP) is 3.39. The molecule has 142 valence electrons. The molecule has 1 heterocycles. The number of rotatable bonds is 3. The van der Waals surface area contributed by atoms with E-state index < -0.39 is 12.1 Å². The molecule has 0 fully saturated rings. The van der Waals surface area contributed by atoms with Crippen LogP contribution in [0.15, 0.2) is 54.6 Å². The molecule has 0 bridgehead atoms. The molecular weight excluding hydrogens is 358 g/mol. The number of hydrogen-bond donors (Lipinski definition) is 2. The summed E-state index contributed by atoms with van der Waals surface area (Å²) in [5.74, 6) is -1.63. The lowest BCUT2D eigenvalue weighted by Gasteiger charge is -2.22. The van der Waals surface area contributed by atoms with Crippen LogP contribution in [0, 0.1) is 0 Å². The van der Waals surface area contributed by atoms with E-state index in [0.29, 0.717) is 17.3 Å². The first-order valence-electron chi connectivity index (χ1n) is 9.01. The van der Waals surface area contributed by atoms with Gasteiger partial charge in [0.25, 0.3) is 5.91 Å². The van der Waals surface area contributed by atoms with Crippen LogP contribution < -0.4 is 4.90 Å². The van der Waals surface area contributed by atoms with Gasteiger partial charge in [-0.1, -0.05) is 42.5 Å². The summed E-state index contributed by atoms with van der Waals surface area (Å²) < 4.78 is 5.31. The Balaban J connectivity index is 1.56. The number of carbonyl (C=O) groups excluding carboxylic acids is 2. The number of nitrogens with zero attached hydrogens (tertiary/aromatic N) is 1. The third-order valence-electron chi connectivity index (χ3n) is 5.00. The molecule has 2 N–H and O–H groups in total. The number of carbonyl (C=O) groups is 2. The van der Waals surface area contributed by atoms with E-state index in [4.69, 9.17) is 4.74 Å². The summed E-state index contributed by atoms with van der Waals surface area (Å²) in [6.45, 7) is 2.03. The molecule has 0 unspecified atom stereocenters. The lowest BCUT2D eigenvalue weighted by atomic mass is 10.0. The Bertz CT molecular complexity index is 1090.